The van der Waals surface area contributed by atoms with Gasteiger partial charge in [-0.25, -0.2) is 4.79 Å². The van der Waals surface area contributed by atoms with E-state index in [9.17, 15) is 4.79 Å². The van der Waals surface area contributed by atoms with Crippen LogP contribution in [0.25, 0.3) is 11.0 Å². The van der Waals surface area contributed by atoms with Gasteiger partial charge in [-0.15, -0.1) is 0 Å². The predicted octanol–water partition coefficient (Wildman–Crippen LogP) is 2.69. The molecule has 2 rings (SSSR count). The number of hydrogen-bond donors (Lipinski definition) is 1. The number of imidazole rings is 1. The highest BCUT2D eigenvalue weighted by Gasteiger charge is 2.12. The normalized spacial score (nSPS) is 11.4. The molecule has 0 aliphatic carbocycles. The highest BCUT2D eigenvalue weighted by Crippen LogP contribution is 2.19. The van der Waals surface area contributed by atoms with Crippen LogP contribution < -0.4 is 5.69 Å². The lowest BCUT2D eigenvalue weighted by atomic mass is 10.1. The van der Waals surface area contributed by atoms with Crippen molar-refractivity contribution in [1.29, 1.82) is 0 Å². The summed E-state index contributed by atoms with van der Waals surface area (Å²) in [5.74, 6) is 0. The average molecular weight is 204 g/mol. The summed E-state index contributed by atoms with van der Waals surface area (Å²) in [4.78, 5) is 14.7. The summed E-state index contributed by atoms with van der Waals surface area (Å²) in [6, 6.07) is 8.14. The first kappa shape index (κ1) is 10.0. The molecule has 3 nitrogen and oxygen atoms in total. The second kappa shape index (κ2) is 3.93. The van der Waals surface area contributed by atoms with Crippen LogP contribution in [0.2, 0.25) is 0 Å². The van der Waals surface area contributed by atoms with E-state index in [-0.39, 0.29) is 5.69 Å². The summed E-state index contributed by atoms with van der Waals surface area (Å²) >= 11 is 0. The Morgan fingerprint density at radius 2 is 1.93 bits per heavy atom. The van der Waals surface area contributed by atoms with Gasteiger partial charge in [0.15, 0.2) is 0 Å². The largest absolute Gasteiger partial charge is 0.326 e. The number of aromatic amines is 1. The molecule has 3 heteroatoms. The molecule has 0 saturated heterocycles. The minimum absolute atomic E-state index is 0.00454. The molecule has 0 fully saturated rings. The summed E-state index contributed by atoms with van der Waals surface area (Å²) in [6.07, 6.45) is 1.97. The van der Waals surface area contributed by atoms with E-state index in [2.05, 4.69) is 18.8 Å². The van der Waals surface area contributed by atoms with Crippen molar-refractivity contribution in [1.82, 2.24) is 9.55 Å². The van der Waals surface area contributed by atoms with Gasteiger partial charge in [0, 0.05) is 6.04 Å². The Morgan fingerprint density at radius 1 is 1.27 bits per heavy atom. The van der Waals surface area contributed by atoms with E-state index in [1.807, 2.05) is 28.8 Å². The first-order chi connectivity index (χ1) is 7.27. The molecular formula is C12H16N2O. The van der Waals surface area contributed by atoms with Crippen molar-refractivity contribution < 1.29 is 0 Å². The van der Waals surface area contributed by atoms with Crippen molar-refractivity contribution in [3.63, 3.8) is 0 Å². The molecule has 0 spiro atoms. The van der Waals surface area contributed by atoms with Gasteiger partial charge in [-0.2, -0.15) is 0 Å². The number of hydrogen-bond acceptors (Lipinski definition) is 1. The molecule has 0 aliphatic heterocycles. The zero-order valence-electron chi connectivity index (χ0n) is 9.16. The molecule has 15 heavy (non-hydrogen) atoms. The van der Waals surface area contributed by atoms with Gasteiger partial charge in [0.1, 0.15) is 0 Å². The summed E-state index contributed by atoms with van der Waals surface area (Å²) in [7, 11) is 0. The van der Waals surface area contributed by atoms with Crippen molar-refractivity contribution >= 4 is 11.0 Å². The summed E-state index contributed by atoms with van der Waals surface area (Å²) in [5.41, 5.74) is 1.94. The van der Waals surface area contributed by atoms with Crippen molar-refractivity contribution in [2.75, 3.05) is 0 Å². The Balaban J connectivity index is 2.68. The highest BCUT2D eigenvalue weighted by molar-refractivity contribution is 5.75. The second-order valence-electron chi connectivity index (χ2n) is 3.79. The van der Waals surface area contributed by atoms with E-state index >= 15 is 0 Å². The number of nitrogens with one attached hydrogen (secondary N) is 1. The molecule has 0 atom stereocenters. The SMILES string of the molecule is CCC(CC)n1c(=O)[nH]c2ccccc21. The maximum absolute atomic E-state index is 11.8. The molecule has 1 N–H and O–H groups in total. The molecule has 1 aromatic heterocycles. The number of nitrogens with zero attached hydrogens (tertiary/aromatic N) is 1. The fraction of sp³-hybridized carbons (Fsp3) is 0.417. The van der Waals surface area contributed by atoms with Gasteiger partial charge in [-0.1, -0.05) is 26.0 Å². The topological polar surface area (TPSA) is 37.8 Å². The smallest absolute Gasteiger partial charge is 0.306 e. The van der Waals surface area contributed by atoms with Crippen LogP contribution in [0.3, 0.4) is 0 Å². The highest BCUT2D eigenvalue weighted by atomic mass is 16.1. The molecule has 0 saturated carbocycles. The van der Waals surface area contributed by atoms with Crippen LogP contribution in [0, 0.1) is 0 Å². The molecule has 80 valence electrons. The maximum atomic E-state index is 11.8. The van der Waals surface area contributed by atoms with E-state index in [1.54, 1.807) is 0 Å². The summed E-state index contributed by atoms with van der Waals surface area (Å²) in [5, 5.41) is 0. The maximum Gasteiger partial charge on any atom is 0.326 e. The van der Waals surface area contributed by atoms with Crippen LogP contribution in [0.5, 0.6) is 0 Å². The van der Waals surface area contributed by atoms with Gasteiger partial charge in [0.05, 0.1) is 11.0 Å². The number of fused-ring (bicyclic) bond motifs is 1. The first-order valence-electron chi connectivity index (χ1n) is 5.47. The fourth-order valence-corrected chi connectivity index (χ4v) is 2.09. The molecule has 0 unspecified atom stereocenters. The molecule has 0 bridgehead atoms. The summed E-state index contributed by atoms with van der Waals surface area (Å²) in [6.45, 7) is 4.23. The Morgan fingerprint density at radius 3 is 2.60 bits per heavy atom. The van der Waals surface area contributed by atoms with Crippen LogP contribution >= 0.6 is 0 Å². The number of benzene rings is 1. The third kappa shape index (κ3) is 1.58. The van der Waals surface area contributed by atoms with Crippen molar-refractivity contribution in [3.05, 3.63) is 34.7 Å². The van der Waals surface area contributed by atoms with Crippen molar-refractivity contribution in [2.45, 2.75) is 32.7 Å². The molecule has 2 aromatic rings. The summed E-state index contributed by atoms with van der Waals surface area (Å²) < 4.78 is 1.87. The lowest BCUT2D eigenvalue weighted by Gasteiger charge is -2.13. The Labute approximate surface area is 88.7 Å². The lowest BCUT2D eigenvalue weighted by molar-refractivity contribution is 0.471. The average Bonchev–Trinajstić information content (AvgIpc) is 2.58. The third-order valence-electron chi connectivity index (χ3n) is 2.93. The monoisotopic (exact) mass is 204 g/mol. The lowest BCUT2D eigenvalue weighted by Crippen LogP contribution is -2.21. The van der Waals surface area contributed by atoms with Crippen LogP contribution in [-0.4, -0.2) is 9.55 Å². The zero-order chi connectivity index (χ0) is 10.8. The molecule has 0 radical (unpaired) electrons. The number of para-hydroxylation sites is 2. The van der Waals surface area contributed by atoms with Gasteiger partial charge < -0.3 is 4.98 Å². The number of rotatable bonds is 3. The fourth-order valence-electron chi connectivity index (χ4n) is 2.09. The van der Waals surface area contributed by atoms with E-state index in [4.69, 9.17) is 0 Å². The number of aromatic nitrogens is 2. The van der Waals surface area contributed by atoms with Gasteiger partial charge in [0.2, 0.25) is 0 Å². The van der Waals surface area contributed by atoms with Crippen LogP contribution in [-0.2, 0) is 0 Å². The van der Waals surface area contributed by atoms with Crippen LogP contribution in [0.15, 0.2) is 29.1 Å². The minimum atomic E-state index is 0.00454. The predicted molar refractivity (Wildman–Crippen MR) is 62.2 cm³/mol. The van der Waals surface area contributed by atoms with Crippen molar-refractivity contribution in [2.24, 2.45) is 0 Å². The first-order valence-corrected chi connectivity index (χ1v) is 5.47. The standard InChI is InChI=1S/C12H16N2O/c1-3-9(4-2)14-11-8-6-5-7-10(11)13-12(14)15/h5-9H,3-4H2,1-2H3,(H,13,15). The van der Waals surface area contributed by atoms with Gasteiger partial charge in [0.25, 0.3) is 0 Å². The Bertz CT molecular complexity index is 506. The molecule has 1 aromatic carbocycles. The second-order valence-corrected chi connectivity index (χ2v) is 3.79. The third-order valence-corrected chi connectivity index (χ3v) is 2.93. The van der Waals surface area contributed by atoms with Gasteiger partial charge >= 0.3 is 5.69 Å². The quantitative estimate of drug-likeness (QED) is 0.820. The number of H-pyrrole nitrogens is 1. The van der Waals surface area contributed by atoms with Gasteiger partial charge in [-0.3, -0.25) is 4.57 Å². The van der Waals surface area contributed by atoms with Crippen molar-refractivity contribution in [3.8, 4) is 0 Å². The van der Waals surface area contributed by atoms with Gasteiger partial charge in [-0.05, 0) is 25.0 Å². The minimum Gasteiger partial charge on any atom is -0.306 e. The van der Waals surface area contributed by atoms with E-state index < -0.39 is 0 Å². The molecular weight excluding hydrogens is 188 g/mol. The van der Waals surface area contributed by atoms with E-state index in [0.29, 0.717) is 6.04 Å². The Hall–Kier alpha value is -1.51. The molecule has 1 heterocycles. The molecule has 0 amide bonds. The van der Waals surface area contributed by atoms with E-state index in [1.165, 1.54) is 0 Å². The molecule has 0 aliphatic rings. The van der Waals surface area contributed by atoms with E-state index in [0.717, 1.165) is 23.9 Å². The Kier molecular flexibility index (Phi) is 2.62. The zero-order valence-corrected chi connectivity index (χ0v) is 9.16. The van der Waals surface area contributed by atoms with Crippen LogP contribution in [0.1, 0.15) is 32.7 Å². The van der Waals surface area contributed by atoms with Crippen LogP contribution in [0.4, 0.5) is 0 Å².